The van der Waals surface area contributed by atoms with Crippen LogP contribution in [-0.2, 0) is 26.2 Å². The van der Waals surface area contributed by atoms with E-state index < -0.39 is 34.3 Å². The summed E-state index contributed by atoms with van der Waals surface area (Å²) in [4.78, 5) is 29.2. The summed E-state index contributed by atoms with van der Waals surface area (Å²) in [5.74, 6) is -0.675. The van der Waals surface area contributed by atoms with Gasteiger partial charge in [0.2, 0.25) is 11.8 Å². The molecule has 1 N–H and O–H groups in total. The number of halogens is 1. The molecule has 5 rings (SSSR count). The summed E-state index contributed by atoms with van der Waals surface area (Å²) in [7, 11) is -4.35. The number of nitrogens with one attached hydrogen (secondary N) is 1. The Balaban J connectivity index is 1.51. The van der Waals surface area contributed by atoms with Crippen molar-refractivity contribution in [3.8, 4) is 11.5 Å². The molecule has 0 bridgehead atoms. The molecule has 3 aromatic carbocycles. The van der Waals surface area contributed by atoms with Crippen LogP contribution in [0.1, 0.15) is 50.2 Å². The lowest BCUT2D eigenvalue weighted by atomic mass is 10.1. The van der Waals surface area contributed by atoms with Gasteiger partial charge in [0.15, 0.2) is 11.5 Å². The van der Waals surface area contributed by atoms with Gasteiger partial charge < -0.3 is 19.7 Å². The Labute approximate surface area is 258 Å². The second kappa shape index (κ2) is 13.7. The first-order valence-corrected chi connectivity index (χ1v) is 16.4. The van der Waals surface area contributed by atoms with E-state index in [-0.39, 0.29) is 41.4 Å². The number of benzene rings is 3. The molecule has 0 saturated heterocycles. The summed E-state index contributed by atoms with van der Waals surface area (Å²) < 4.78 is 54.3. The van der Waals surface area contributed by atoms with Crippen LogP contribution in [0.5, 0.6) is 11.5 Å². The second-order valence-corrected chi connectivity index (χ2v) is 13.0. The Kier molecular flexibility index (Phi) is 9.73. The fraction of sp³-hybridized carbons (Fsp3) is 0.394. The highest BCUT2D eigenvalue weighted by Crippen LogP contribution is 2.34. The molecule has 3 aromatic rings. The average molecular weight is 624 g/mol. The van der Waals surface area contributed by atoms with Gasteiger partial charge in [-0.3, -0.25) is 13.9 Å². The van der Waals surface area contributed by atoms with E-state index in [2.05, 4.69) is 5.32 Å². The molecule has 1 saturated carbocycles. The van der Waals surface area contributed by atoms with Crippen LogP contribution in [-0.4, -0.2) is 57.0 Å². The van der Waals surface area contributed by atoms with Gasteiger partial charge in [0.1, 0.15) is 31.6 Å². The van der Waals surface area contributed by atoms with Crippen molar-refractivity contribution in [2.24, 2.45) is 0 Å². The first kappa shape index (κ1) is 31.3. The maximum Gasteiger partial charge on any atom is 0.264 e. The molecule has 1 aliphatic carbocycles. The lowest BCUT2D eigenvalue weighted by Gasteiger charge is -2.34. The zero-order valence-electron chi connectivity index (χ0n) is 25.0. The van der Waals surface area contributed by atoms with E-state index in [1.807, 2.05) is 38.1 Å². The molecule has 11 heteroatoms. The number of sulfonamides is 1. The molecule has 0 unspecified atom stereocenters. The molecule has 2 aliphatic rings. The van der Waals surface area contributed by atoms with Crippen molar-refractivity contribution in [1.82, 2.24) is 10.2 Å². The highest BCUT2D eigenvalue weighted by atomic mass is 32.2. The molecule has 0 radical (unpaired) electrons. The number of fused-ring (bicyclic) bond motifs is 1. The smallest absolute Gasteiger partial charge is 0.264 e. The molecule has 9 nitrogen and oxygen atoms in total. The van der Waals surface area contributed by atoms with Gasteiger partial charge in [-0.2, -0.15) is 0 Å². The monoisotopic (exact) mass is 623 g/mol. The molecular weight excluding hydrogens is 585 g/mol. The van der Waals surface area contributed by atoms with Crippen LogP contribution in [0.25, 0.3) is 0 Å². The number of rotatable bonds is 11. The van der Waals surface area contributed by atoms with E-state index in [4.69, 9.17) is 9.47 Å². The number of aryl methyl sites for hydroxylation is 1. The zero-order chi connectivity index (χ0) is 31.3. The molecular formula is C33H38FN3O6S. The minimum atomic E-state index is -4.35. The number of hydrogen-bond donors (Lipinski definition) is 1. The Morgan fingerprint density at radius 3 is 2.34 bits per heavy atom. The molecule has 234 valence electrons. The van der Waals surface area contributed by atoms with Crippen LogP contribution in [0, 0.1) is 12.7 Å². The molecule has 1 aliphatic heterocycles. The molecule has 44 heavy (non-hydrogen) atoms. The summed E-state index contributed by atoms with van der Waals surface area (Å²) in [6.07, 6.45) is 4.19. The number of hydrogen-bond acceptors (Lipinski definition) is 6. The topological polar surface area (TPSA) is 105 Å². The molecule has 1 heterocycles. The zero-order valence-corrected chi connectivity index (χ0v) is 25.8. The first-order valence-electron chi connectivity index (χ1n) is 15.0. The maximum atomic E-state index is 14.3. The van der Waals surface area contributed by atoms with Crippen LogP contribution in [0.4, 0.5) is 10.1 Å². The summed E-state index contributed by atoms with van der Waals surface area (Å²) in [6, 6.07) is 16.0. The highest BCUT2D eigenvalue weighted by molar-refractivity contribution is 7.92. The van der Waals surface area contributed by atoms with Crippen molar-refractivity contribution < 1.29 is 31.9 Å². The summed E-state index contributed by atoms with van der Waals surface area (Å²) in [5.41, 5.74) is 1.89. The van der Waals surface area contributed by atoms with Crippen molar-refractivity contribution in [3.05, 3.63) is 83.7 Å². The highest BCUT2D eigenvalue weighted by Gasteiger charge is 2.35. The normalized spacial score (nSPS) is 15.4. The number of amides is 2. The van der Waals surface area contributed by atoms with Crippen molar-refractivity contribution in [1.29, 1.82) is 0 Å². The lowest BCUT2D eigenvalue weighted by Crippen LogP contribution is -2.53. The standard InChI is InChI=1S/C33H38FN3O6S/c1-3-29(33(39)35-26-10-6-7-11-26)36(21-24-9-5-4-8-23(24)2)32(38)22-37(27-14-12-25(34)13-15-27)44(40,41)28-16-17-30-31(20-28)43-19-18-42-30/h4-5,8-9,12-17,20,26,29H,3,6-7,10-11,18-19,21-22H2,1-2H3,(H,35,39)/t29-/m0/s1. The summed E-state index contributed by atoms with van der Waals surface area (Å²) in [6.45, 7) is 3.88. The van der Waals surface area contributed by atoms with Gasteiger partial charge in [0.25, 0.3) is 10.0 Å². The Hall–Kier alpha value is -4.12. The fourth-order valence-corrected chi connectivity index (χ4v) is 7.14. The molecule has 0 aromatic heterocycles. The van der Waals surface area contributed by atoms with Crippen molar-refractivity contribution >= 4 is 27.5 Å². The van der Waals surface area contributed by atoms with Gasteiger partial charge in [-0.1, -0.05) is 44.0 Å². The van der Waals surface area contributed by atoms with Crippen LogP contribution < -0.4 is 19.1 Å². The van der Waals surface area contributed by atoms with E-state index in [9.17, 15) is 22.4 Å². The number of carbonyl (C=O) groups excluding carboxylic acids is 2. The van der Waals surface area contributed by atoms with E-state index >= 15 is 0 Å². The SMILES string of the molecule is CC[C@@H](C(=O)NC1CCCC1)N(Cc1ccccc1C)C(=O)CN(c1ccc(F)cc1)S(=O)(=O)c1ccc2c(c1)OCCO2. The number of nitrogens with zero attached hydrogens (tertiary/aromatic N) is 2. The second-order valence-electron chi connectivity index (χ2n) is 11.2. The predicted octanol–water partition coefficient (Wildman–Crippen LogP) is 4.97. The van der Waals surface area contributed by atoms with Crippen LogP contribution in [0.15, 0.2) is 71.6 Å². The quantitative estimate of drug-likeness (QED) is 0.324. The maximum absolute atomic E-state index is 14.3. The first-order chi connectivity index (χ1) is 21.2. The Morgan fingerprint density at radius 1 is 0.977 bits per heavy atom. The Morgan fingerprint density at radius 2 is 1.66 bits per heavy atom. The number of carbonyl (C=O) groups is 2. The van der Waals surface area contributed by atoms with E-state index in [1.165, 1.54) is 35.2 Å². The minimum Gasteiger partial charge on any atom is -0.486 e. The van der Waals surface area contributed by atoms with Gasteiger partial charge in [0, 0.05) is 18.7 Å². The van der Waals surface area contributed by atoms with Crippen molar-refractivity contribution in [2.45, 2.75) is 69.5 Å². The third kappa shape index (κ3) is 6.99. The number of ether oxygens (including phenoxy) is 2. The molecule has 2 amide bonds. The summed E-state index contributed by atoms with van der Waals surface area (Å²) >= 11 is 0. The van der Waals surface area contributed by atoms with E-state index in [0.29, 0.717) is 18.8 Å². The van der Waals surface area contributed by atoms with Crippen LogP contribution in [0.3, 0.4) is 0 Å². The van der Waals surface area contributed by atoms with Gasteiger partial charge in [-0.05, 0) is 73.7 Å². The third-order valence-electron chi connectivity index (χ3n) is 8.18. The largest absolute Gasteiger partial charge is 0.486 e. The van der Waals surface area contributed by atoms with Gasteiger partial charge in [-0.25, -0.2) is 12.8 Å². The summed E-state index contributed by atoms with van der Waals surface area (Å²) in [5, 5.41) is 3.11. The van der Waals surface area contributed by atoms with Gasteiger partial charge >= 0.3 is 0 Å². The van der Waals surface area contributed by atoms with Gasteiger partial charge in [-0.15, -0.1) is 0 Å². The molecule has 1 fully saturated rings. The fourth-order valence-electron chi connectivity index (χ4n) is 5.71. The van der Waals surface area contributed by atoms with Gasteiger partial charge in [0.05, 0.1) is 10.6 Å². The number of anilines is 1. The van der Waals surface area contributed by atoms with E-state index in [1.54, 1.807) is 0 Å². The average Bonchev–Trinajstić information content (AvgIpc) is 3.54. The Bertz CT molecular complexity index is 1590. The molecule has 1 atom stereocenters. The predicted molar refractivity (Wildman–Crippen MR) is 165 cm³/mol. The third-order valence-corrected chi connectivity index (χ3v) is 9.95. The van der Waals surface area contributed by atoms with Crippen LogP contribution in [0.2, 0.25) is 0 Å². The molecule has 0 spiro atoms. The van der Waals surface area contributed by atoms with Crippen molar-refractivity contribution in [3.63, 3.8) is 0 Å². The lowest BCUT2D eigenvalue weighted by molar-refractivity contribution is -0.140. The van der Waals surface area contributed by atoms with Crippen molar-refractivity contribution in [2.75, 3.05) is 24.1 Å². The van der Waals surface area contributed by atoms with E-state index in [0.717, 1.165) is 53.2 Å². The van der Waals surface area contributed by atoms with Crippen LogP contribution >= 0.6 is 0 Å². The minimum absolute atomic E-state index is 0.0539.